The van der Waals surface area contributed by atoms with Crippen molar-refractivity contribution in [3.05, 3.63) is 46.0 Å². The molecule has 29 heavy (non-hydrogen) atoms. The number of carbonyl (C=O) groups is 2. The minimum absolute atomic E-state index is 0.0963. The van der Waals surface area contributed by atoms with Crippen LogP contribution < -0.4 is 0 Å². The van der Waals surface area contributed by atoms with Crippen molar-refractivity contribution in [3.63, 3.8) is 0 Å². The van der Waals surface area contributed by atoms with Gasteiger partial charge in [0.15, 0.2) is 0 Å². The van der Waals surface area contributed by atoms with Crippen LogP contribution in [0.5, 0.6) is 0 Å². The molecule has 0 saturated carbocycles. The van der Waals surface area contributed by atoms with E-state index in [1.165, 1.54) is 6.07 Å². The van der Waals surface area contributed by atoms with Crippen molar-refractivity contribution < 1.29 is 27.5 Å². The van der Waals surface area contributed by atoms with Crippen LogP contribution >= 0.6 is 0 Å². The number of nitrogens with zero attached hydrogens (tertiary/aromatic N) is 2. The maximum atomic E-state index is 13.4. The summed E-state index contributed by atoms with van der Waals surface area (Å²) in [4.78, 5) is 29.4. The number of fused-ring (bicyclic) bond motifs is 1. The zero-order valence-electron chi connectivity index (χ0n) is 16.4. The Morgan fingerprint density at radius 1 is 1.14 bits per heavy atom. The van der Waals surface area contributed by atoms with E-state index in [4.69, 9.17) is 4.74 Å². The third-order valence-corrected chi connectivity index (χ3v) is 6.27. The minimum Gasteiger partial charge on any atom is -0.450 e. The molecule has 156 valence electrons. The van der Waals surface area contributed by atoms with Crippen LogP contribution in [0.25, 0.3) is 0 Å². The Morgan fingerprint density at radius 2 is 1.83 bits per heavy atom. The number of alkyl halides is 3. The van der Waals surface area contributed by atoms with E-state index in [2.05, 4.69) is 4.90 Å². The lowest BCUT2D eigenvalue weighted by Crippen LogP contribution is -2.49. The van der Waals surface area contributed by atoms with E-state index < -0.39 is 23.3 Å². The van der Waals surface area contributed by atoms with Crippen molar-refractivity contribution in [2.75, 3.05) is 26.7 Å². The van der Waals surface area contributed by atoms with Crippen LogP contribution in [0.2, 0.25) is 0 Å². The zero-order chi connectivity index (χ0) is 21.0. The SMILES string of the molecule is CC1=C(C(=O)N2CCc3ccc(C(F)(F)F)cc3C2)C2(CCN(C)CC2)OC1=O. The number of rotatable bonds is 1. The van der Waals surface area contributed by atoms with Crippen LogP contribution in [0.1, 0.15) is 36.5 Å². The topological polar surface area (TPSA) is 49.9 Å². The van der Waals surface area contributed by atoms with Gasteiger partial charge < -0.3 is 14.5 Å². The molecule has 0 N–H and O–H groups in total. The molecule has 3 aliphatic rings. The second kappa shape index (κ2) is 6.86. The lowest BCUT2D eigenvalue weighted by Gasteiger charge is -2.39. The third-order valence-electron chi connectivity index (χ3n) is 6.27. The van der Waals surface area contributed by atoms with Crippen LogP contribution in [-0.4, -0.2) is 54.0 Å². The Balaban J connectivity index is 1.62. The number of ether oxygens (including phenoxy) is 1. The monoisotopic (exact) mass is 408 g/mol. The third kappa shape index (κ3) is 3.43. The number of amides is 1. The molecule has 5 nitrogen and oxygen atoms in total. The molecule has 8 heteroatoms. The molecule has 0 aromatic heterocycles. The summed E-state index contributed by atoms with van der Waals surface area (Å²) < 4.78 is 44.9. The molecule has 0 atom stereocenters. The highest BCUT2D eigenvalue weighted by atomic mass is 19.4. The number of esters is 1. The molecule has 0 unspecified atom stereocenters. The first-order chi connectivity index (χ1) is 13.6. The van der Waals surface area contributed by atoms with Gasteiger partial charge in [0.1, 0.15) is 5.60 Å². The number of hydrogen-bond donors (Lipinski definition) is 0. The highest BCUT2D eigenvalue weighted by Gasteiger charge is 2.51. The normalized spacial score (nSPS) is 22.1. The number of hydrogen-bond acceptors (Lipinski definition) is 4. The van der Waals surface area contributed by atoms with Crippen molar-refractivity contribution in [1.29, 1.82) is 0 Å². The van der Waals surface area contributed by atoms with Crippen molar-refractivity contribution in [2.45, 2.75) is 44.5 Å². The van der Waals surface area contributed by atoms with Crippen LogP contribution in [-0.2, 0) is 33.5 Å². The van der Waals surface area contributed by atoms with Gasteiger partial charge in [-0.3, -0.25) is 4.79 Å². The first-order valence-electron chi connectivity index (χ1n) is 9.72. The molecule has 0 radical (unpaired) electrons. The first kappa shape index (κ1) is 19.9. The molecule has 1 amide bonds. The van der Waals surface area contributed by atoms with E-state index in [0.717, 1.165) is 17.7 Å². The molecular formula is C21H23F3N2O3. The summed E-state index contributed by atoms with van der Waals surface area (Å²) in [6.45, 7) is 3.50. The fraction of sp³-hybridized carbons (Fsp3) is 0.524. The maximum Gasteiger partial charge on any atom is 0.416 e. The van der Waals surface area contributed by atoms with Crippen molar-refractivity contribution in [1.82, 2.24) is 9.80 Å². The molecule has 1 spiro atoms. The summed E-state index contributed by atoms with van der Waals surface area (Å²) in [5, 5.41) is 0. The van der Waals surface area contributed by atoms with E-state index >= 15 is 0 Å². The summed E-state index contributed by atoms with van der Waals surface area (Å²) in [7, 11) is 1.97. The lowest BCUT2D eigenvalue weighted by molar-refractivity contribution is -0.151. The van der Waals surface area contributed by atoms with Crippen LogP contribution in [0, 0.1) is 0 Å². The van der Waals surface area contributed by atoms with E-state index in [-0.39, 0.29) is 12.5 Å². The number of carbonyl (C=O) groups excluding carboxylic acids is 2. The van der Waals surface area contributed by atoms with Crippen LogP contribution in [0.15, 0.2) is 29.3 Å². The number of halogens is 3. The van der Waals surface area contributed by atoms with E-state index in [1.807, 2.05) is 7.05 Å². The lowest BCUT2D eigenvalue weighted by atomic mass is 9.82. The van der Waals surface area contributed by atoms with E-state index in [1.54, 1.807) is 11.8 Å². The fourth-order valence-corrected chi connectivity index (χ4v) is 4.50. The van der Waals surface area contributed by atoms with E-state index in [9.17, 15) is 22.8 Å². The summed E-state index contributed by atoms with van der Waals surface area (Å²) >= 11 is 0. The zero-order valence-corrected chi connectivity index (χ0v) is 16.4. The Kier molecular flexibility index (Phi) is 4.72. The van der Waals surface area contributed by atoms with Gasteiger partial charge in [-0.1, -0.05) is 6.07 Å². The predicted octanol–water partition coefficient (Wildman–Crippen LogP) is 2.93. The molecule has 1 aromatic carbocycles. The van der Waals surface area contributed by atoms with Crippen molar-refractivity contribution in [3.8, 4) is 0 Å². The van der Waals surface area contributed by atoms with Crippen molar-refractivity contribution in [2.24, 2.45) is 0 Å². The minimum atomic E-state index is -4.43. The summed E-state index contributed by atoms with van der Waals surface area (Å²) in [5.41, 5.74) is 0.382. The molecule has 3 aliphatic heterocycles. The highest BCUT2D eigenvalue weighted by molar-refractivity contribution is 6.07. The molecule has 1 saturated heterocycles. The molecule has 1 aromatic rings. The average molecular weight is 408 g/mol. The molecule has 0 aliphatic carbocycles. The van der Waals surface area contributed by atoms with Gasteiger partial charge in [0, 0.05) is 44.6 Å². The second-order valence-electron chi connectivity index (χ2n) is 8.15. The number of likely N-dealkylation sites (tertiary alicyclic amines) is 1. The largest absolute Gasteiger partial charge is 0.450 e. The maximum absolute atomic E-state index is 13.4. The van der Waals surface area contributed by atoms with Gasteiger partial charge >= 0.3 is 12.1 Å². The Morgan fingerprint density at radius 3 is 2.48 bits per heavy atom. The van der Waals surface area contributed by atoms with Gasteiger partial charge in [-0.2, -0.15) is 13.2 Å². The van der Waals surface area contributed by atoms with Crippen molar-refractivity contribution >= 4 is 11.9 Å². The Hall–Kier alpha value is -2.35. The number of benzene rings is 1. The van der Waals surface area contributed by atoms with Crippen LogP contribution in [0.4, 0.5) is 13.2 Å². The number of piperidine rings is 1. The van der Waals surface area contributed by atoms with Gasteiger partial charge in [0.2, 0.25) is 0 Å². The Labute approximate surface area is 167 Å². The van der Waals surface area contributed by atoms with Gasteiger partial charge in [0.05, 0.1) is 11.1 Å². The predicted molar refractivity (Wildman–Crippen MR) is 98.8 cm³/mol. The molecule has 0 bridgehead atoms. The second-order valence-corrected chi connectivity index (χ2v) is 8.15. The highest BCUT2D eigenvalue weighted by Crippen LogP contribution is 2.42. The first-order valence-corrected chi connectivity index (χ1v) is 9.72. The quantitative estimate of drug-likeness (QED) is 0.671. The van der Waals surface area contributed by atoms with Gasteiger partial charge in [-0.05, 0) is 43.7 Å². The van der Waals surface area contributed by atoms with Gasteiger partial charge in [-0.15, -0.1) is 0 Å². The van der Waals surface area contributed by atoms with Gasteiger partial charge in [-0.25, -0.2) is 4.79 Å². The summed E-state index contributed by atoms with van der Waals surface area (Å²) in [5.74, 6) is -0.782. The summed E-state index contributed by atoms with van der Waals surface area (Å²) in [6, 6.07) is 3.70. The summed E-state index contributed by atoms with van der Waals surface area (Å²) in [6.07, 6.45) is -2.87. The molecule has 1 fully saturated rings. The van der Waals surface area contributed by atoms with Crippen LogP contribution in [0.3, 0.4) is 0 Å². The smallest absolute Gasteiger partial charge is 0.416 e. The molecule has 4 rings (SSSR count). The molecular weight excluding hydrogens is 385 g/mol. The average Bonchev–Trinajstić information content (AvgIpc) is 2.92. The Bertz CT molecular complexity index is 899. The molecule has 3 heterocycles. The van der Waals surface area contributed by atoms with Gasteiger partial charge in [0.25, 0.3) is 5.91 Å². The van der Waals surface area contributed by atoms with E-state index in [0.29, 0.717) is 55.6 Å². The standard InChI is InChI=1S/C21H23F3N2O3/c1-13-17(20(29-19(13)28)6-9-25(2)10-7-20)18(27)26-8-5-14-3-4-16(21(22,23)24)11-15(14)12-26/h3-4,11H,5-10,12H2,1-2H3. The fourth-order valence-electron chi connectivity index (χ4n) is 4.50.